The lowest BCUT2D eigenvalue weighted by Gasteiger charge is -2.16. The van der Waals surface area contributed by atoms with Crippen LogP contribution in [-0.4, -0.2) is 35.1 Å². The van der Waals surface area contributed by atoms with E-state index in [4.69, 9.17) is 0 Å². The van der Waals surface area contributed by atoms with E-state index in [1.807, 2.05) is 6.07 Å². The highest BCUT2D eigenvalue weighted by atomic mass is 16.4. The van der Waals surface area contributed by atoms with Gasteiger partial charge in [0.2, 0.25) is 0 Å². The van der Waals surface area contributed by atoms with Gasteiger partial charge in [0, 0.05) is 12.1 Å². The third kappa shape index (κ3) is 8.11. The Kier molecular flexibility index (Phi) is 12.2. The summed E-state index contributed by atoms with van der Waals surface area (Å²) in [6.45, 7) is 2.79. The van der Waals surface area contributed by atoms with Crippen molar-refractivity contribution in [3.05, 3.63) is 65.2 Å². The lowest BCUT2D eigenvalue weighted by atomic mass is 10.0. The highest BCUT2D eigenvalue weighted by Crippen LogP contribution is 2.31. The third-order valence-corrected chi connectivity index (χ3v) is 7.18. The Balaban J connectivity index is 1.43. The second-order valence-electron chi connectivity index (χ2n) is 10.1. The van der Waals surface area contributed by atoms with Crippen LogP contribution in [0.4, 0.5) is 5.69 Å². The van der Waals surface area contributed by atoms with E-state index in [1.54, 1.807) is 30.3 Å². The number of aliphatic imine (C=N–C) groups is 1. The number of fused-ring (bicyclic) bond motifs is 1. The van der Waals surface area contributed by atoms with Crippen LogP contribution in [0, 0.1) is 0 Å². The van der Waals surface area contributed by atoms with Crippen molar-refractivity contribution in [3.8, 4) is 0 Å². The van der Waals surface area contributed by atoms with Crippen LogP contribution in [0.3, 0.4) is 0 Å². The molecule has 1 aliphatic rings. The summed E-state index contributed by atoms with van der Waals surface area (Å²) in [7, 11) is 0. The van der Waals surface area contributed by atoms with Crippen LogP contribution in [0.5, 0.6) is 0 Å². The summed E-state index contributed by atoms with van der Waals surface area (Å²) < 4.78 is 0. The Morgan fingerprint density at radius 2 is 1.21 bits per heavy atom. The van der Waals surface area contributed by atoms with Gasteiger partial charge in [-0.3, -0.25) is 14.6 Å². The standard InChI is InChI=1S/C32H42N2O4/c1-2-3-4-5-6-7-8-9-10-11-12-13-14-19-24-33-29-27-22-17-18-23-28(27)34(31(29)36)30(35)25-20-15-16-21-26(25)32(37)38/h15-18,20-23H,2-14,19,24H2,1H3,(H,37,38). The number of amides is 2. The molecule has 3 rings (SSSR count). The second-order valence-corrected chi connectivity index (χ2v) is 10.1. The molecule has 0 saturated heterocycles. The molecule has 0 radical (unpaired) electrons. The van der Waals surface area contributed by atoms with Crippen molar-refractivity contribution in [1.29, 1.82) is 0 Å². The van der Waals surface area contributed by atoms with Gasteiger partial charge in [-0.15, -0.1) is 0 Å². The number of carbonyl (C=O) groups is 3. The fraction of sp³-hybridized carbons (Fsp3) is 0.500. The second kappa shape index (κ2) is 15.9. The monoisotopic (exact) mass is 518 g/mol. The van der Waals surface area contributed by atoms with Crippen molar-refractivity contribution in [2.45, 2.75) is 96.8 Å². The summed E-state index contributed by atoms with van der Waals surface area (Å²) in [5.41, 5.74) is 1.19. The number of para-hydroxylation sites is 1. The quantitative estimate of drug-likeness (QED) is 0.171. The Morgan fingerprint density at radius 3 is 1.79 bits per heavy atom. The number of benzene rings is 2. The molecule has 0 aromatic heterocycles. The molecular weight excluding hydrogens is 476 g/mol. The van der Waals surface area contributed by atoms with E-state index in [9.17, 15) is 19.5 Å². The average Bonchev–Trinajstić information content (AvgIpc) is 3.21. The number of hydrogen-bond acceptors (Lipinski definition) is 4. The Hall–Kier alpha value is -3.28. The van der Waals surface area contributed by atoms with Crippen LogP contribution < -0.4 is 4.90 Å². The van der Waals surface area contributed by atoms with E-state index >= 15 is 0 Å². The molecule has 6 nitrogen and oxygen atoms in total. The molecule has 1 heterocycles. The zero-order valence-electron chi connectivity index (χ0n) is 22.8. The van der Waals surface area contributed by atoms with Crippen LogP contribution >= 0.6 is 0 Å². The minimum Gasteiger partial charge on any atom is -0.478 e. The normalized spacial score (nSPS) is 13.8. The third-order valence-electron chi connectivity index (χ3n) is 7.18. The lowest BCUT2D eigenvalue weighted by Crippen LogP contribution is -2.37. The van der Waals surface area contributed by atoms with Crippen molar-refractivity contribution in [3.63, 3.8) is 0 Å². The van der Waals surface area contributed by atoms with Crippen molar-refractivity contribution in [2.75, 3.05) is 11.4 Å². The van der Waals surface area contributed by atoms with Crippen molar-refractivity contribution >= 4 is 29.2 Å². The van der Waals surface area contributed by atoms with Crippen molar-refractivity contribution in [1.82, 2.24) is 0 Å². The summed E-state index contributed by atoms with van der Waals surface area (Å²) in [6, 6.07) is 13.0. The average molecular weight is 519 g/mol. The van der Waals surface area contributed by atoms with E-state index < -0.39 is 17.8 Å². The van der Waals surface area contributed by atoms with Gasteiger partial charge in [-0.1, -0.05) is 121 Å². The summed E-state index contributed by atoms with van der Waals surface area (Å²) in [5.74, 6) is -2.36. The first-order chi connectivity index (χ1) is 18.6. The number of nitrogens with zero attached hydrogens (tertiary/aromatic N) is 2. The van der Waals surface area contributed by atoms with Gasteiger partial charge < -0.3 is 5.11 Å². The molecule has 1 N–H and O–H groups in total. The molecule has 0 unspecified atom stereocenters. The first kappa shape index (κ1) is 29.3. The number of carboxylic acid groups (broad SMARTS) is 1. The molecule has 2 amide bonds. The summed E-state index contributed by atoms with van der Waals surface area (Å²) >= 11 is 0. The largest absolute Gasteiger partial charge is 0.478 e. The van der Waals surface area contributed by atoms with E-state index in [1.165, 1.54) is 89.2 Å². The minimum absolute atomic E-state index is 0.0172. The number of carboxylic acids is 1. The van der Waals surface area contributed by atoms with Crippen LogP contribution in [0.25, 0.3) is 0 Å². The maximum Gasteiger partial charge on any atom is 0.336 e. The fourth-order valence-electron chi connectivity index (χ4n) is 5.03. The number of hydrogen-bond donors (Lipinski definition) is 1. The van der Waals surface area contributed by atoms with Crippen molar-refractivity contribution in [2.24, 2.45) is 4.99 Å². The molecule has 0 atom stereocenters. The van der Waals surface area contributed by atoms with Crippen LogP contribution in [-0.2, 0) is 4.79 Å². The van der Waals surface area contributed by atoms with E-state index in [0.29, 0.717) is 17.8 Å². The zero-order chi connectivity index (χ0) is 27.2. The maximum atomic E-state index is 13.3. The molecule has 1 aliphatic heterocycles. The number of anilines is 1. The highest BCUT2D eigenvalue weighted by Gasteiger charge is 2.39. The number of aromatic carboxylic acids is 1. The number of imide groups is 1. The first-order valence-electron chi connectivity index (χ1n) is 14.4. The Bertz CT molecular complexity index is 1110. The SMILES string of the molecule is CCCCCCCCCCCCCCCCN=C1C(=O)N(C(=O)c2ccccc2C(=O)O)c2ccccc21. The number of unbranched alkanes of at least 4 members (excludes halogenated alkanes) is 13. The Labute approximate surface area is 227 Å². The molecule has 0 bridgehead atoms. The van der Waals surface area contributed by atoms with Gasteiger partial charge in [-0.05, 0) is 24.6 Å². The van der Waals surface area contributed by atoms with Gasteiger partial charge >= 0.3 is 5.97 Å². The van der Waals surface area contributed by atoms with Gasteiger partial charge in [-0.25, -0.2) is 9.69 Å². The number of rotatable bonds is 17. The Morgan fingerprint density at radius 1 is 0.711 bits per heavy atom. The smallest absolute Gasteiger partial charge is 0.336 e. The molecular formula is C32H42N2O4. The van der Waals surface area contributed by atoms with E-state index in [-0.39, 0.29) is 16.8 Å². The molecule has 2 aromatic carbocycles. The minimum atomic E-state index is -1.21. The molecule has 0 spiro atoms. The summed E-state index contributed by atoms with van der Waals surface area (Å²) in [5, 5.41) is 9.49. The van der Waals surface area contributed by atoms with Crippen LogP contribution in [0.15, 0.2) is 53.5 Å². The molecule has 6 heteroatoms. The first-order valence-corrected chi connectivity index (χ1v) is 14.4. The highest BCUT2D eigenvalue weighted by molar-refractivity contribution is 6.59. The predicted molar refractivity (Wildman–Crippen MR) is 153 cm³/mol. The molecule has 0 saturated carbocycles. The maximum absolute atomic E-state index is 13.3. The van der Waals surface area contributed by atoms with Gasteiger partial charge in [0.1, 0.15) is 5.71 Å². The van der Waals surface area contributed by atoms with Gasteiger partial charge in [-0.2, -0.15) is 0 Å². The summed E-state index contributed by atoms with van der Waals surface area (Å²) in [6.07, 6.45) is 17.9. The topological polar surface area (TPSA) is 87.0 Å². The predicted octanol–water partition coefficient (Wildman–Crippen LogP) is 7.84. The lowest BCUT2D eigenvalue weighted by molar-refractivity contribution is -0.111. The fourth-order valence-corrected chi connectivity index (χ4v) is 5.03. The number of carbonyl (C=O) groups excluding carboxylic acids is 2. The molecule has 38 heavy (non-hydrogen) atoms. The van der Waals surface area contributed by atoms with Crippen LogP contribution in [0.2, 0.25) is 0 Å². The molecule has 204 valence electrons. The van der Waals surface area contributed by atoms with Crippen LogP contribution in [0.1, 0.15) is 123 Å². The van der Waals surface area contributed by atoms with Crippen molar-refractivity contribution < 1.29 is 19.5 Å². The summed E-state index contributed by atoms with van der Waals surface area (Å²) in [4.78, 5) is 43.8. The van der Waals surface area contributed by atoms with E-state index in [2.05, 4.69) is 11.9 Å². The molecule has 0 fully saturated rings. The van der Waals surface area contributed by atoms with Gasteiger partial charge in [0.05, 0.1) is 16.8 Å². The van der Waals surface area contributed by atoms with Gasteiger partial charge in [0.15, 0.2) is 0 Å². The molecule has 2 aromatic rings. The van der Waals surface area contributed by atoms with Gasteiger partial charge in [0.25, 0.3) is 11.8 Å². The zero-order valence-corrected chi connectivity index (χ0v) is 22.8. The molecule has 0 aliphatic carbocycles. The van der Waals surface area contributed by atoms with E-state index in [0.717, 1.165) is 17.7 Å².